The van der Waals surface area contributed by atoms with Gasteiger partial charge < -0.3 is 4.74 Å². The van der Waals surface area contributed by atoms with Gasteiger partial charge in [-0.3, -0.25) is 14.8 Å². The highest BCUT2D eigenvalue weighted by Crippen LogP contribution is 2.37. The Morgan fingerprint density at radius 2 is 2.33 bits per heavy atom. The van der Waals surface area contributed by atoms with E-state index in [-0.39, 0.29) is 5.60 Å². The molecule has 1 spiro atoms. The number of pyridine rings is 1. The summed E-state index contributed by atoms with van der Waals surface area (Å²) in [4.78, 5) is 10.8. The maximum atomic E-state index is 6.32. The molecule has 0 bridgehead atoms. The van der Waals surface area contributed by atoms with Crippen LogP contribution in [-0.4, -0.2) is 53.2 Å². The van der Waals surface area contributed by atoms with Crippen molar-refractivity contribution in [3.8, 4) is 0 Å². The molecule has 2 atom stereocenters. The molecule has 0 saturated carbocycles. The summed E-state index contributed by atoms with van der Waals surface area (Å²) in [6, 6.07) is 11.0. The van der Waals surface area contributed by atoms with Gasteiger partial charge in [0.1, 0.15) is 0 Å². The number of nitrogens with zero attached hydrogens (tertiary/aromatic N) is 3. The molecule has 4 nitrogen and oxygen atoms in total. The van der Waals surface area contributed by atoms with Gasteiger partial charge in [0.05, 0.1) is 17.9 Å². The fourth-order valence-corrected chi connectivity index (χ4v) is 4.70. The van der Waals surface area contributed by atoms with Crippen LogP contribution in [0.4, 0.5) is 0 Å². The summed E-state index contributed by atoms with van der Waals surface area (Å²) >= 11 is 1.85. The van der Waals surface area contributed by atoms with Crippen LogP contribution >= 0.6 is 11.3 Å². The van der Waals surface area contributed by atoms with Crippen LogP contribution in [0.2, 0.25) is 0 Å². The van der Waals surface area contributed by atoms with Gasteiger partial charge in [-0.1, -0.05) is 12.1 Å². The summed E-state index contributed by atoms with van der Waals surface area (Å²) in [5.74, 6) is 0. The van der Waals surface area contributed by atoms with Crippen LogP contribution in [0.1, 0.15) is 23.4 Å². The Bertz CT molecular complexity index is 648. The highest BCUT2D eigenvalue weighted by Gasteiger charge is 2.46. The van der Waals surface area contributed by atoms with Crippen molar-refractivity contribution >= 4 is 11.3 Å². The fraction of sp³-hybridized carbons (Fsp3) is 0.526. The van der Waals surface area contributed by atoms with E-state index in [1.54, 1.807) is 0 Å². The first kappa shape index (κ1) is 16.2. The third-order valence-corrected chi connectivity index (χ3v) is 6.17. The molecule has 2 fully saturated rings. The molecule has 0 radical (unpaired) electrons. The number of hydrogen-bond acceptors (Lipinski definition) is 5. The zero-order valence-corrected chi connectivity index (χ0v) is 15.0. The second-order valence-electron chi connectivity index (χ2n) is 7.13. The molecule has 0 aromatic carbocycles. The van der Waals surface area contributed by atoms with Crippen LogP contribution in [-0.2, 0) is 17.8 Å². The number of likely N-dealkylation sites (N-methyl/N-ethyl adjacent to an activating group) is 1. The van der Waals surface area contributed by atoms with Crippen LogP contribution in [0.25, 0.3) is 0 Å². The second kappa shape index (κ2) is 6.92. The first-order valence-electron chi connectivity index (χ1n) is 8.71. The lowest BCUT2D eigenvalue weighted by atomic mass is 9.96. The third kappa shape index (κ3) is 3.54. The monoisotopic (exact) mass is 343 g/mol. The van der Waals surface area contributed by atoms with Crippen molar-refractivity contribution in [1.29, 1.82) is 0 Å². The molecular formula is C19H25N3OS. The van der Waals surface area contributed by atoms with E-state index in [9.17, 15) is 0 Å². The molecule has 5 heteroatoms. The van der Waals surface area contributed by atoms with Crippen LogP contribution in [0.3, 0.4) is 0 Å². The maximum absolute atomic E-state index is 6.32. The number of aromatic nitrogens is 1. The van der Waals surface area contributed by atoms with E-state index in [1.165, 1.54) is 4.88 Å². The lowest BCUT2D eigenvalue weighted by Crippen LogP contribution is -2.36. The minimum atomic E-state index is 0.0697. The molecule has 4 rings (SSSR count). The molecule has 2 aliphatic rings. The Hall–Kier alpha value is -1.27. The number of likely N-dealkylation sites (tertiary alicyclic amines) is 1. The zero-order valence-electron chi connectivity index (χ0n) is 14.2. The average Bonchev–Trinajstić information content (AvgIpc) is 3.32. The standard InChI is InChI=1S/C19H25N3OS/c1-21(12-16-5-2-3-8-20-16)17-11-19(23-14-17)7-9-22(15-19)13-18-6-4-10-24-18/h2-6,8,10,17H,7,9,11-15H2,1H3. The molecule has 128 valence electrons. The van der Waals surface area contributed by atoms with Crippen LogP contribution in [0.15, 0.2) is 41.9 Å². The predicted octanol–water partition coefficient (Wildman–Crippen LogP) is 3.01. The minimum absolute atomic E-state index is 0.0697. The topological polar surface area (TPSA) is 28.6 Å². The molecule has 0 N–H and O–H groups in total. The highest BCUT2D eigenvalue weighted by molar-refractivity contribution is 7.09. The number of thiophene rings is 1. The first-order valence-corrected chi connectivity index (χ1v) is 9.59. The normalized spacial score (nSPS) is 27.5. The molecule has 2 aromatic heterocycles. The Morgan fingerprint density at radius 1 is 1.38 bits per heavy atom. The highest BCUT2D eigenvalue weighted by atomic mass is 32.1. The number of ether oxygens (including phenoxy) is 1. The summed E-state index contributed by atoms with van der Waals surface area (Å²) in [7, 11) is 2.19. The Labute approximate surface area is 148 Å². The van der Waals surface area contributed by atoms with E-state index in [2.05, 4.69) is 51.5 Å². The van der Waals surface area contributed by atoms with Gasteiger partial charge >= 0.3 is 0 Å². The summed E-state index contributed by atoms with van der Waals surface area (Å²) in [6.07, 6.45) is 4.17. The molecule has 0 aliphatic carbocycles. The van der Waals surface area contributed by atoms with Crippen molar-refractivity contribution in [1.82, 2.24) is 14.8 Å². The summed E-state index contributed by atoms with van der Waals surface area (Å²) in [5, 5.41) is 2.16. The van der Waals surface area contributed by atoms with Crippen LogP contribution in [0.5, 0.6) is 0 Å². The molecule has 2 aliphatic heterocycles. The Morgan fingerprint density at radius 3 is 3.12 bits per heavy atom. The van der Waals surface area contributed by atoms with Gasteiger partial charge in [-0.2, -0.15) is 0 Å². The van der Waals surface area contributed by atoms with Crippen molar-refractivity contribution in [3.05, 3.63) is 52.5 Å². The summed E-state index contributed by atoms with van der Waals surface area (Å²) < 4.78 is 6.32. The van der Waals surface area contributed by atoms with Crippen LogP contribution in [0, 0.1) is 0 Å². The third-order valence-electron chi connectivity index (χ3n) is 5.31. The van der Waals surface area contributed by atoms with E-state index in [4.69, 9.17) is 4.74 Å². The SMILES string of the molecule is CN(Cc1ccccn1)C1COC2(CCN(Cc3cccs3)C2)C1. The van der Waals surface area contributed by atoms with Crippen molar-refractivity contribution in [3.63, 3.8) is 0 Å². The van der Waals surface area contributed by atoms with Gasteiger partial charge in [0, 0.05) is 43.3 Å². The molecule has 24 heavy (non-hydrogen) atoms. The van der Waals surface area contributed by atoms with Crippen molar-refractivity contribution in [2.24, 2.45) is 0 Å². The van der Waals surface area contributed by atoms with Crippen molar-refractivity contribution < 1.29 is 4.74 Å². The minimum Gasteiger partial charge on any atom is -0.372 e. The fourth-order valence-electron chi connectivity index (χ4n) is 3.95. The van der Waals surface area contributed by atoms with Gasteiger partial charge in [-0.15, -0.1) is 11.3 Å². The smallest absolute Gasteiger partial charge is 0.0837 e. The molecule has 2 unspecified atom stereocenters. The van der Waals surface area contributed by atoms with Crippen LogP contribution < -0.4 is 0 Å². The Kier molecular flexibility index (Phi) is 4.68. The molecule has 4 heterocycles. The van der Waals surface area contributed by atoms with E-state index < -0.39 is 0 Å². The van der Waals surface area contributed by atoms with Crippen molar-refractivity contribution in [2.75, 3.05) is 26.7 Å². The molecule has 2 saturated heterocycles. The first-order chi connectivity index (χ1) is 11.7. The van der Waals surface area contributed by atoms with E-state index in [1.807, 2.05) is 23.6 Å². The molecule has 2 aromatic rings. The predicted molar refractivity (Wildman–Crippen MR) is 97.0 cm³/mol. The van der Waals surface area contributed by atoms with E-state index >= 15 is 0 Å². The maximum Gasteiger partial charge on any atom is 0.0837 e. The van der Waals surface area contributed by atoms with Gasteiger partial charge in [-0.25, -0.2) is 0 Å². The molecule has 0 amide bonds. The van der Waals surface area contributed by atoms with Gasteiger partial charge in [0.25, 0.3) is 0 Å². The van der Waals surface area contributed by atoms with E-state index in [0.717, 1.165) is 51.3 Å². The second-order valence-corrected chi connectivity index (χ2v) is 8.16. The Balaban J connectivity index is 1.32. The summed E-state index contributed by atoms with van der Waals surface area (Å²) in [5.41, 5.74) is 1.20. The summed E-state index contributed by atoms with van der Waals surface area (Å²) in [6.45, 7) is 5.02. The molecular weight excluding hydrogens is 318 g/mol. The number of rotatable bonds is 5. The quantitative estimate of drug-likeness (QED) is 0.834. The van der Waals surface area contributed by atoms with Gasteiger partial charge in [0.2, 0.25) is 0 Å². The lowest BCUT2D eigenvalue weighted by molar-refractivity contribution is 0.0103. The number of hydrogen-bond donors (Lipinski definition) is 0. The average molecular weight is 343 g/mol. The largest absolute Gasteiger partial charge is 0.372 e. The van der Waals surface area contributed by atoms with E-state index in [0.29, 0.717) is 6.04 Å². The van der Waals surface area contributed by atoms with Gasteiger partial charge in [0.15, 0.2) is 0 Å². The lowest BCUT2D eigenvalue weighted by Gasteiger charge is -2.26. The van der Waals surface area contributed by atoms with Gasteiger partial charge in [-0.05, 0) is 43.5 Å². The van der Waals surface area contributed by atoms with Crippen molar-refractivity contribution in [2.45, 2.75) is 37.6 Å². The zero-order chi connectivity index (χ0) is 16.4.